The van der Waals surface area contributed by atoms with Gasteiger partial charge in [0.2, 0.25) is 0 Å². The Kier molecular flexibility index (Phi) is 3.53. The van der Waals surface area contributed by atoms with Crippen molar-refractivity contribution in [3.8, 4) is 22.7 Å². The van der Waals surface area contributed by atoms with E-state index in [1.165, 1.54) is 22.5 Å². The van der Waals surface area contributed by atoms with Crippen molar-refractivity contribution in [1.29, 1.82) is 0 Å². The minimum absolute atomic E-state index is 0.872. The van der Waals surface area contributed by atoms with Crippen LogP contribution in [0.4, 0.5) is 0 Å². The summed E-state index contributed by atoms with van der Waals surface area (Å²) >= 11 is 0. The molecule has 3 rings (SSSR count). The number of methoxy groups -OCH3 is 1. The summed E-state index contributed by atoms with van der Waals surface area (Å²) < 4.78 is 7.62. The van der Waals surface area contributed by atoms with E-state index >= 15 is 0 Å². The van der Waals surface area contributed by atoms with Crippen molar-refractivity contribution >= 4 is 0 Å². The highest BCUT2D eigenvalue weighted by Crippen LogP contribution is 2.29. The molecule has 0 aliphatic carbocycles. The molecule has 0 saturated heterocycles. The zero-order chi connectivity index (χ0) is 14.8. The van der Waals surface area contributed by atoms with E-state index in [0.717, 1.165) is 11.4 Å². The van der Waals surface area contributed by atoms with Gasteiger partial charge in [0.1, 0.15) is 5.75 Å². The van der Waals surface area contributed by atoms with E-state index in [0.29, 0.717) is 0 Å². The molecule has 0 unspecified atom stereocenters. The van der Waals surface area contributed by atoms with Crippen LogP contribution in [0.3, 0.4) is 0 Å². The van der Waals surface area contributed by atoms with Gasteiger partial charge in [-0.3, -0.25) is 0 Å². The monoisotopic (exact) mass is 277 g/mol. The molecule has 0 aliphatic heterocycles. The van der Waals surface area contributed by atoms with Gasteiger partial charge in [0.05, 0.1) is 12.8 Å². The molecule has 2 aromatic carbocycles. The summed E-state index contributed by atoms with van der Waals surface area (Å²) in [5.74, 6) is 0.872. The SMILES string of the molecule is COc1cccc(-n2c(C)ccc2-c2ccccc2C)c1. The van der Waals surface area contributed by atoms with Crippen LogP contribution in [0.2, 0.25) is 0 Å². The van der Waals surface area contributed by atoms with Crippen LogP contribution in [0, 0.1) is 13.8 Å². The van der Waals surface area contributed by atoms with Gasteiger partial charge in [0.15, 0.2) is 0 Å². The molecule has 1 aromatic heterocycles. The first-order chi connectivity index (χ1) is 10.2. The van der Waals surface area contributed by atoms with Gasteiger partial charge in [0.25, 0.3) is 0 Å². The quantitative estimate of drug-likeness (QED) is 0.672. The Morgan fingerprint density at radius 3 is 2.43 bits per heavy atom. The Balaban J connectivity index is 2.20. The molecular weight excluding hydrogens is 258 g/mol. The lowest BCUT2D eigenvalue weighted by Crippen LogP contribution is -2.00. The summed E-state index contributed by atoms with van der Waals surface area (Å²) in [7, 11) is 1.70. The highest BCUT2D eigenvalue weighted by molar-refractivity contribution is 5.67. The Labute approximate surface area is 125 Å². The number of rotatable bonds is 3. The predicted octanol–water partition coefficient (Wildman–Crippen LogP) is 4.77. The lowest BCUT2D eigenvalue weighted by molar-refractivity contribution is 0.414. The summed E-state index contributed by atoms with van der Waals surface area (Å²) in [6, 6.07) is 21.0. The van der Waals surface area contributed by atoms with Crippen molar-refractivity contribution in [2.45, 2.75) is 13.8 Å². The Morgan fingerprint density at radius 1 is 0.857 bits per heavy atom. The fourth-order valence-corrected chi connectivity index (χ4v) is 2.70. The average molecular weight is 277 g/mol. The number of ether oxygens (including phenoxy) is 1. The number of nitrogens with zero attached hydrogens (tertiary/aromatic N) is 1. The van der Waals surface area contributed by atoms with Gasteiger partial charge >= 0.3 is 0 Å². The largest absolute Gasteiger partial charge is 0.497 e. The maximum Gasteiger partial charge on any atom is 0.120 e. The zero-order valence-electron chi connectivity index (χ0n) is 12.6. The van der Waals surface area contributed by atoms with E-state index in [9.17, 15) is 0 Å². The van der Waals surface area contributed by atoms with Crippen molar-refractivity contribution < 1.29 is 4.74 Å². The third-order valence-corrected chi connectivity index (χ3v) is 3.81. The van der Waals surface area contributed by atoms with E-state index in [4.69, 9.17) is 4.74 Å². The Morgan fingerprint density at radius 2 is 1.67 bits per heavy atom. The number of benzene rings is 2. The highest BCUT2D eigenvalue weighted by Gasteiger charge is 2.11. The van der Waals surface area contributed by atoms with E-state index in [1.807, 2.05) is 12.1 Å². The highest BCUT2D eigenvalue weighted by atomic mass is 16.5. The number of aromatic nitrogens is 1. The van der Waals surface area contributed by atoms with Crippen molar-refractivity contribution in [3.05, 3.63) is 71.9 Å². The first-order valence-electron chi connectivity index (χ1n) is 7.09. The molecule has 0 fully saturated rings. The van der Waals surface area contributed by atoms with Crippen LogP contribution in [0.5, 0.6) is 5.75 Å². The molecule has 0 atom stereocenters. The van der Waals surface area contributed by atoms with Crippen LogP contribution in [0.25, 0.3) is 16.9 Å². The Bertz CT molecular complexity index is 771. The minimum Gasteiger partial charge on any atom is -0.497 e. The third kappa shape index (κ3) is 2.45. The molecule has 106 valence electrons. The fraction of sp³-hybridized carbons (Fsp3) is 0.158. The van der Waals surface area contributed by atoms with Gasteiger partial charge < -0.3 is 9.30 Å². The second-order valence-electron chi connectivity index (χ2n) is 5.21. The molecule has 1 heterocycles. The summed E-state index contributed by atoms with van der Waals surface area (Å²) in [5, 5.41) is 0. The summed E-state index contributed by atoms with van der Waals surface area (Å²) in [6.45, 7) is 4.27. The van der Waals surface area contributed by atoms with Crippen molar-refractivity contribution in [1.82, 2.24) is 4.57 Å². The lowest BCUT2D eigenvalue weighted by atomic mass is 10.1. The topological polar surface area (TPSA) is 14.2 Å². The lowest BCUT2D eigenvalue weighted by Gasteiger charge is -2.14. The zero-order valence-corrected chi connectivity index (χ0v) is 12.6. The number of aryl methyl sites for hydroxylation is 2. The van der Waals surface area contributed by atoms with E-state index in [1.54, 1.807) is 7.11 Å². The molecule has 3 aromatic rings. The number of hydrogen-bond donors (Lipinski definition) is 0. The average Bonchev–Trinajstić information content (AvgIpc) is 2.89. The normalized spacial score (nSPS) is 10.6. The molecule has 0 saturated carbocycles. The third-order valence-electron chi connectivity index (χ3n) is 3.81. The van der Waals surface area contributed by atoms with Gasteiger partial charge in [-0.1, -0.05) is 30.3 Å². The molecule has 0 spiro atoms. The number of hydrogen-bond acceptors (Lipinski definition) is 1. The van der Waals surface area contributed by atoms with Gasteiger partial charge in [0, 0.05) is 23.0 Å². The second kappa shape index (κ2) is 5.49. The molecule has 2 heteroatoms. The van der Waals surface area contributed by atoms with Crippen LogP contribution in [-0.4, -0.2) is 11.7 Å². The van der Waals surface area contributed by atoms with Gasteiger partial charge in [-0.2, -0.15) is 0 Å². The summed E-state index contributed by atoms with van der Waals surface area (Å²) in [6.07, 6.45) is 0. The van der Waals surface area contributed by atoms with Crippen LogP contribution >= 0.6 is 0 Å². The molecule has 0 bridgehead atoms. The van der Waals surface area contributed by atoms with E-state index in [2.05, 4.69) is 66.9 Å². The fourth-order valence-electron chi connectivity index (χ4n) is 2.70. The Hall–Kier alpha value is -2.48. The van der Waals surface area contributed by atoms with Crippen LogP contribution in [-0.2, 0) is 0 Å². The van der Waals surface area contributed by atoms with Crippen molar-refractivity contribution in [3.63, 3.8) is 0 Å². The molecule has 0 radical (unpaired) electrons. The van der Waals surface area contributed by atoms with Crippen LogP contribution < -0.4 is 4.74 Å². The van der Waals surface area contributed by atoms with Crippen LogP contribution in [0.15, 0.2) is 60.7 Å². The molecular formula is C19H19NO. The molecule has 2 nitrogen and oxygen atoms in total. The van der Waals surface area contributed by atoms with Gasteiger partial charge in [-0.05, 0) is 43.7 Å². The smallest absolute Gasteiger partial charge is 0.120 e. The minimum atomic E-state index is 0.872. The first kappa shape index (κ1) is 13.5. The van der Waals surface area contributed by atoms with E-state index in [-0.39, 0.29) is 0 Å². The molecule has 0 aliphatic rings. The second-order valence-corrected chi connectivity index (χ2v) is 5.21. The van der Waals surface area contributed by atoms with Gasteiger partial charge in [-0.15, -0.1) is 0 Å². The maximum atomic E-state index is 5.35. The van der Waals surface area contributed by atoms with Crippen molar-refractivity contribution in [2.75, 3.05) is 7.11 Å². The van der Waals surface area contributed by atoms with E-state index < -0.39 is 0 Å². The first-order valence-corrected chi connectivity index (χ1v) is 7.09. The standard InChI is InChI=1S/C19H19NO/c1-14-7-4-5-10-18(14)19-12-11-15(2)20(19)16-8-6-9-17(13-16)21-3/h4-13H,1-3H3. The predicted molar refractivity (Wildman–Crippen MR) is 87.2 cm³/mol. The summed E-state index contributed by atoms with van der Waals surface area (Å²) in [5.41, 5.74) is 6.07. The molecule has 0 N–H and O–H groups in total. The maximum absolute atomic E-state index is 5.35. The van der Waals surface area contributed by atoms with Crippen LogP contribution in [0.1, 0.15) is 11.3 Å². The molecule has 21 heavy (non-hydrogen) atoms. The van der Waals surface area contributed by atoms with Crippen molar-refractivity contribution in [2.24, 2.45) is 0 Å². The van der Waals surface area contributed by atoms with Gasteiger partial charge in [-0.25, -0.2) is 0 Å². The summed E-state index contributed by atoms with van der Waals surface area (Å²) in [4.78, 5) is 0. The molecule has 0 amide bonds.